The van der Waals surface area contributed by atoms with Gasteiger partial charge in [0.1, 0.15) is 24.6 Å². The lowest BCUT2D eigenvalue weighted by Gasteiger charge is -2.33. The summed E-state index contributed by atoms with van der Waals surface area (Å²) < 4.78 is 25.7. The van der Waals surface area contributed by atoms with Crippen LogP contribution in [0.1, 0.15) is 25.7 Å². The Hall–Kier alpha value is -3.08. The SMILES string of the molecule is O=[N+]([O-])c1cc2c(Nc3ccc(F)c(Cl)c3)ncnc2cc1OCC1CCC2(CCNCC2)O1. The van der Waals surface area contributed by atoms with Crippen molar-refractivity contribution in [2.45, 2.75) is 37.4 Å². The number of nitro groups is 1. The number of benzene rings is 2. The van der Waals surface area contributed by atoms with E-state index in [1.165, 1.54) is 36.7 Å². The van der Waals surface area contributed by atoms with Crippen molar-refractivity contribution < 1.29 is 18.8 Å². The molecule has 2 aliphatic heterocycles. The van der Waals surface area contributed by atoms with Gasteiger partial charge in [-0.1, -0.05) is 11.6 Å². The van der Waals surface area contributed by atoms with E-state index in [2.05, 4.69) is 20.6 Å². The van der Waals surface area contributed by atoms with E-state index in [4.69, 9.17) is 21.1 Å². The maximum absolute atomic E-state index is 13.5. The molecule has 0 radical (unpaired) electrons. The molecule has 5 rings (SSSR count). The van der Waals surface area contributed by atoms with Gasteiger partial charge in [-0.15, -0.1) is 0 Å². The van der Waals surface area contributed by atoms with E-state index in [1.54, 1.807) is 0 Å². The van der Waals surface area contributed by atoms with Gasteiger partial charge in [0.25, 0.3) is 0 Å². The smallest absolute Gasteiger partial charge is 0.311 e. The molecule has 0 saturated carbocycles. The summed E-state index contributed by atoms with van der Waals surface area (Å²) in [7, 11) is 0. The topological polar surface area (TPSA) is 111 Å². The summed E-state index contributed by atoms with van der Waals surface area (Å²) in [6.45, 7) is 2.10. The Kier molecular flexibility index (Phi) is 6.20. The lowest BCUT2D eigenvalue weighted by Crippen LogP contribution is -2.42. The lowest BCUT2D eigenvalue weighted by molar-refractivity contribution is -0.385. The highest BCUT2D eigenvalue weighted by atomic mass is 35.5. The Morgan fingerprint density at radius 3 is 2.85 bits per heavy atom. The zero-order valence-corrected chi connectivity index (χ0v) is 19.0. The first kappa shape index (κ1) is 22.7. The first-order valence-corrected chi connectivity index (χ1v) is 11.5. The highest BCUT2D eigenvalue weighted by molar-refractivity contribution is 6.31. The van der Waals surface area contributed by atoms with E-state index in [9.17, 15) is 14.5 Å². The molecule has 2 N–H and O–H groups in total. The third-order valence-electron chi connectivity index (χ3n) is 6.37. The molecule has 3 heterocycles. The summed E-state index contributed by atoms with van der Waals surface area (Å²) in [4.78, 5) is 19.8. The summed E-state index contributed by atoms with van der Waals surface area (Å²) in [5.41, 5.74) is 0.649. The van der Waals surface area contributed by atoms with Gasteiger partial charge < -0.3 is 20.1 Å². The van der Waals surface area contributed by atoms with Crippen molar-refractivity contribution in [1.29, 1.82) is 0 Å². The monoisotopic (exact) mass is 487 g/mol. The number of anilines is 2. The number of ether oxygens (including phenoxy) is 2. The number of nitrogens with zero attached hydrogens (tertiary/aromatic N) is 3. The van der Waals surface area contributed by atoms with Crippen molar-refractivity contribution in [2.24, 2.45) is 0 Å². The van der Waals surface area contributed by atoms with Crippen molar-refractivity contribution in [3.05, 3.63) is 57.6 Å². The van der Waals surface area contributed by atoms with E-state index in [1.807, 2.05) is 0 Å². The molecular formula is C23H23ClFN5O4. The molecular weight excluding hydrogens is 465 g/mol. The van der Waals surface area contributed by atoms with Crippen molar-refractivity contribution in [1.82, 2.24) is 15.3 Å². The summed E-state index contributed by atoms with van der Waals surface area (Å²) in [6.07, 6.45) is 4.98. The summed E-state index contributed by atoms with van der Waals surface area (Å²) in [6, 6.07) is 7.04. The van der Waals surface area contributed by atoms with Crippen LogP contribution in [0.15, 0.2) is 36.7 Å². The van der Waals surface area contributed by atoms with Gasteiger partial charge in [0.15, 0.2) is 5.75 Å². The van der Waals surface area contributed by atoms with Crippen LogP contribution in [0.5, 0.6) is 5.75 Å². The number of aromatic nitrogens is 2. The molecule has 178 valence electrons. The Balaban J connectivity index is 1.38. The van der Waals surface area contributed by atoms with Crippen LogP contribution in [0.3, 0.4) is 0 Å². The molecule has 0 aliphatic carbocycles. The molecule has 0 amide bonds. The van der Waals surface area contributed by atoms with E-state index >= 15 is 0 Å². The van der Waals surface area contributed by atoms with Crippen LogP contribution >= 0.6 is 11.6 Å². The van der Waals surface area contributed by atoms with Crippen LogP contribution in [0.25, 0.3) is 10.9 Å². The largest absolute Gasteiger partial charge is 0.484 e. The number of nitro benzene ring substituents is 1. The average Bonchev–Trinajstić information content (AvgIpc) is 3.22. The minimum atomic E-state index is -0.547. The summed E-state index contributed by atoms with van der Waals surface area (Å²) >= 11 is 5.86. The van der Waals surface area contributed by atoms with E-state index in [0.29, 0.717) is 22.4 Å². The molecule has 2 saturated heterocycles. The second kappa shape index (κ2) is 9.28. The summed E-state index contributed by atoms with van der Waals surface area (Å²) in [5.74, 6) is -0.0920. The van der Waals surface area contributed by atoms with Gasteiger partial charge in [-0.3, -0.25) is 10.1 Å². The number of fused-ring (bicyclic) bond motifs is 1. The van der Waals surface area contributed by atoms with E-state index < -0.39 is 10.7 Å². The van der Waals surface area contributed by atoms with Gasteiger partial charge in [0.2, 0.25) is 0 Å². The summed E-state index contributed by atoms with van der Waals surface area (Å²) in [5, 5.41) is 18.6. The Morgan fingerprint density at radius 1 is 1.26 bits per heavy atom. The third kappa shape index (κ3) is 4.61. The molecule has 0 bridgehead atoms. The second-order valence-corrected chi connectivity index (χ2v) is 9.00. The standard InChI is InChI=1S/C23H23ClFN5O4/c24-17-9-14(1-2-18(17)25)29-22-16-10-20(30(31)32)21(11-19(16)27-13-28-22)33-12-15-3-4-23(34-15)5-7-26-8-6-23/h1-2,9-11,13,15,26H,3-8,12H2,(H,27,28,29). The number of hydrogen-bond acceptors (Lipinski definition) is 8. The van der Waals surface area contributed by atoms with Crippen LogP contribution < -0.4 is 15.4 Å². The van der Waals surface area contributed by atoms with Gasteiger partial charge in [-0.2, -0.15) is 0 Å². The quantitative estimate of drug-likeness (QED) is 0.378. The fraction of sp³-hybridized carbons (Fsp3) is 0.391. The Bertz CT molecular complexity index is 1240. The fourth-order valence-electron chi connectivity index (χ4n) is 4.59. The molecule has 9 nitrogen and oxygen atoms in total. The van der Waals surface area contributed by atoms with Crippen molar-refractivity contribution in [3.8, 4) is 5.75 Å². The van der Waals surface area contributed by atoms with Crippen LogP contribution in [-0.4, -0.2) is 46.3 Å². The van der Waals surface area contributed by atoms with Crippen LogP contribution in [0.4, 0.5) is 21.6 Å². The average molecular weight is 488 g/mol. The van der Waals surface area contributed by atoms with Crippen molar-refractivity contribution in [3.63, 3.8) is 0 Å². The Morgan fingerprint density at radius 2 is 2.09 bits per heavy atom. The van der Waals surface area contributed by atoms with Gasteiger partial charge in [-0.25, -0.2) is 14.4 Å². The molecule has 11 heteroatoms. The molecule has 1 aromatic heterocycles. The minimum absolute atomic E-state index is 0.0505. The molecule has 1 atom stereocenters. The molecule has 2 aliphatic rings. The number of piperidine rings is 1. The second-order valence-electron chi connectivity index (χ2n) is 8.59. The van der Waals surface area contributed by atoms with E-state index in [-0.39, 0.29) is 34.8 Å². The predicted molar refractivity (Wildman–Crippen MR) is 125 cm³/mol. The van der Waals surface area contributed by atoms with Gasteiger partial charge in [0.05, 0.1) is 32.6 Å². The molecule has 1 spiro atoms. The first-order valence-electron chi connectivity index (χ1n) is 11.1. The van der Waals surface area contributed by atoms with Crippen LogP contribution in [-0.2, 0) is 4.74 Å². The fourth-order valence-corrected chi connectivity index (χ4v) is 4.77. The molecule has 1 unspecified atom stereocenters. The number of nitrogens with one attached hydrogen (secondary N) is 2. The minimum Gasteiger partial charge on any atom is -0.484 e. The van der Waals surface area contributed by atoms with Gasteiger partial charge in [0, 0.05) is 17.8 Å². The Labute approximate surface area is 199 Å². The first-order chi connectivity index (χ1) is 16.4. The highest BCUT2D eigenvalue weighted by Gasteiger charge is 2.41. The third-order valence-corrected chi connectivity index (χ3v) is 6.66. The van der Waals surface area contributed by atoms with Crippen LogP contribution in [0, 0.1) is 15.9 Å². The number of rotatable bonds is 6. The normalized spacial score (nSPS) is 19.4. The van der Waals surface area contributed by atoms with Gasteiger partial charge >= 0.3 is 5.69 Å². The van der Waals surface area contributed by atoms with Gasteiger partial charge in [-0.05, 0) is 57.0 Å². The zero-order chi connectivity index (χ0) is 23.7. The highest BCUT2D eigenvalue weighted by Crippen LogP contribution is 2.39. The number of halogens is 2. The molecule has 2 fully saturated rings. The van der Waals surface area contributed by atoms with Crippen molar-refractivity contribution in [2.75, 3.05) is 25.0 Å². The maximum Gasteiger partial charge on any atom is 0.311 e. The molecule has 3 aromatic rings. The van der Waals surface area contributed by atoms with Crippen LogP contribution in [0.2, 0.25) is 5.02 Å². The maximum atomic E-state index is 13.5. The van der Waals surface area contributed by atoms with Crippen molar-refractivity contribution >= 4 is 39.7 Å². The molecule has 2 aromatic carbocycles. The predicted octanol–water partition coefficient (Wildman–Crippen LogP) is 4.75. The lowest BCUT2D eigenvalue weighted by atomic mass is 9.89. The van der Waals surface area contributed by atoms with E-state index in [0.717, 1.165) is 38.8 Å². The zero-order valence-electron chi connectivity index (χ0n) is 18.2. The number of hydrogen-bond donors (Lipinski definition) is 2. The molecule has 34 heavy (non-hydrogen) atoms.